The average Bonchev–Trinajstić information content (AvgIpc) is 4.04. The van der Waals surface area contributed by atoms with Gasteiger partial charge in [-0.2, -0.15) is 18.6 Å². The number of fused-ring (bicyclic) bond motifs is 2. The summed E-state index contributed by atoms with van der Waals surface area (Å²) in [4.78, 5) is 79.6. The van der Waals surface area contributed by atoms with Crippen molar-refractivity contribution < 1.29 is 43.0 Å². The molecule has 2 aromatic heterocycles. The van der Waals surface area contributed by atoms with Gasteiger partial charge in [-0.3, -0.25) is 39.0 Å². The number of nitrogens with one attached hydrogen (secondary N) is 2. The number of piperidine rings is 2. The minimum atomic E-state index is -1.01. The van der Waals surface area contributed by atoms with Crippen LogP contribution in [-0.2, 0) is 32.0 Å². The highest BCUT2D eigenvalue weighted by Gasteiger charge is 2.45. The number of ether oxygens (including phenoxy) is 3. The Kier molecular flexibility index (Phi) is 14.4. The van der Waals surface area contributed by atoms with E-state index in [4.69, 9.17) is 25.0 Å². The van der Waals surface area contributed by atoms with Gasteiger partial charge in [0.2, 0.25) is 11.8 Å². The van der Waals surface area contributed by atoms with Gasteiger partial charge in [0.05, 0.1) is 49.7 Å². The number of aryl methyl sites for hydroxylation is 1. The van der Waals surface area contributed by atoms with Crippen molar-refractivity contribution in [1.82, 2.24) is 39.9 Å². The Morgan fingerprint density at radius 3 is 2.31 bits per heavy atom. The highest BCUT2D eigenvalue weighted by Crippen LogP contribution is 2.40. The van der Waals surface area contributed by atoms with E-state index in [0.29, 0.717) is 99.4 Å². The van der Waals surface area contributed by atoms with E-state index in [1.165, 1.54) is 0 Å². The van der Waals surface area contributed by atoms with Crippen molar-refractivity contribution in [3.05, 3.63) is 107 Å². The van der Waals surface area contributed by atoms with Crippen molar-refractivity contribution >= 4 is 54.8 Å². The van der Waals surface area contributed by atoms with Crippen molar-refractivity contribution in [1.29, 1.82) is 0 Å². The number of para-hydroxylation sites is 1. The molecule has 2 saturated heterocycles. The summed E-state index contributed by atoms with van der Waals surface area (Å²) in [5, 5.41) is 18.8. The molecule has 0 saturated carbocycles. The standard InChI is InChI=1S/C47H50N10O9.H2S/c48-42(59)40-41(31-11-13-33(14-12-31)66-32-8-2-1-3-9-32)52-57-36(17-20-49-43(40)57)29-18-21-54(22-19-29)46(62)35-28-55(53-51-35)23-25-65-27-26-64-24-5-7-30-6-4-10-34-39(30)47(63)56(45(34)61)37-15-16-38(58)50-44(37)60;/h1-4,6,8-14,28-29,36-37,49H,5,7,15-27H2,(H2,48,59)(H,50,58,60);1H2/t36-,37?;/m0./s1. The molecule has 6 amide bonds. The lowest BCUT2D eigenvalue weighted by molar-refractivity contribution is -0.136. The monoisotopic (exact) mass is 932 g/mol. The summed E-state index contributed by atoms with van der Waals surface area (Å²) in [6, 6.07) is 21.0. The molecule has 0 radical (unpaired) electrons. The minimum Gasteiger partial charge on any atom is -0.457 e. The number of amides is 6. The fourth-order valence-electron chi connectivity index (χ4n) is 9.27. The number of benzene rings is 3. The van der Waals surface area contributed by atoms with Crippen LogP contribution in [0.15, 0.2) is 79.0 Å². The van der Waals surface area contributed by atoms with Gasteiger partial charge in [-0.1, -0.05) is 35.5 Å². The van der Waals surface area contributed by atoms with Crippen LogP contribution in [0.4, 0.5) is 5.82 Å². The Morgan fingerprint density at radius 2 is 1.57 bits per heavy atom. The third kappa shape index (κ3) is 9.96. The van der Waals surface area contributed by atoms with Crippen molar-refractivity contribution in [2.45, 2.75) is 63.6 Å². The van der Waals surface area contributed by atoms with E-state index in [1.54, 1.807) is 29.1 Å². The summed E-state index contributed by atoms with van der Waals surface area (Å²) in [5.41, 5.74) is 9.09. The number of likely N-dealkylation sites (tertiary alicyclic amines) is 1. The van der Waals surface area contributed by atoms with Gasteiger partial charge < -0.3 is 30.2 Å². The molecule has 67 heavy (non-hydrogen) atoms. The minimum absolute atomic E-state index is 0. The van der Waals surface area contributed by atoms with Crippen molar-refractivity contribution in [3.8, 4) is 22.8 Å². The molecule has 19 nitrogen and oxygen atoms in total. The fraction of sp³-hybridized carbons (Fsp3) is 0.383. The van der Waals surface area contributed by atoms with E-state index in [1.807, 2.05) is 64.2 Å². The van der Waals surface area contributed by atoms with Crippen molar-refractivity contribution in [3.63, 3.8) is 0 Å². The van der Waals surface area contributed by atoms with Crippen molar-refractivity contribution in [2.75, 3.05) is 51.4 Å². The van der Waals surface area contributed by atoms with Crippen LogP contribution < -0.4 is 21.1 Å². The lowest BCUT2D eigenvalue weighted by atomic mass is 9.86. The number of aromatic nitrogens is 5. The number of rotatable bonds is 17. The number of imide groups is 2. The zero-order chi connectivity index (χ0) is 45.7. The van der Waals surface area contributed by atoms with Crippen LogP contribution in [0.5, 0.6) is 11.5 Å². The molecule has 20 heteroatoms. The molecule has 3 aromatic carbocycles. The van der Waals surface area contributed by atoms with Crippen LogP contribution in [0.1, 0.15) is 91.7 Å². The number of carbonyl (C=O) groups excluding carboxylic acids is 6. The third-order valence-electron chi connectivity index (χ3n) is 12.6. The van der Waals surface area contributed by atoms with Gasteiger partial charge in [-0.15, -0.1) is 5.10 Å². The molecule has 4 N–H and O–H groups in total. The lowest BCUT2D eigenvalue weighted by Crippen LogP contribution is -2.54. The molecule has 4 aliphatic rings. The first-order valence-electron chi connectivity index (χ1n) is 22.3. The highest BCUT2D eigenvalue weighted by molar-refractivity contribution is 7.59. The van der Waals surface area contributed by atoms with E-state index in [-0.39, 0.29) is 55.5 Å². The van der Waals surface area contributed by atoms with Gasteiger partial charge in [-0.25, -0.2) is 9.36 Å². The number of anilines is 1. The molecule has 0 aliphatic carbocycles. The second kappa shape index (κ2) is 20.7. The maximum atomic E-state index is 13.5. The SMILES string of the molecule is NC(=O)c1c(-c2ccc(Oc3ccccc3)cc2)nn2c1NCC[C@H]2C1CCN(C(=O)c2cn(CCOCCOCCCc3cccc4c3C(=O)N(C3CCC(=O)NC3=O)C4=O)nn2)CC1.S. The fourth-order valence-corrected chi connectivity index (χ4v) is 9.27. The van der Waals surface area contributed by atoms with Crippen molar-refractivity contribution in [2.24, 2.45) is 11.7 Å². The second-order valence-electron chi connectivity index (χ2n) is 16.7. The van der Waals surface area contributed by atoms with E-state index >= 15 is 0 Å². The summed E-state index contributed by atoms with van der Waals surface area (Å²) in [5.74, 6) is -0.613. The Hall–Kier alpha value is -6.90. The summed E-state index contributed by atoms with van der Waals surface area (Å²) in [7, 11) is 0. The van der Waals surface area contributed by atoms with Gasteiger partial charge in [0.25, 0.3) is 23.6 Å². The van der Waals surface area contributed by atoms with Crippen LogP contribution in [-0.4, -0.2) is 122 Å². The van der Waals surface area contributed by atoms with Gasteiger partial charge in [0.15, 0.2) is 5.69 Å². The third-order valence-corrected chi connectivity index (χ3v) is 12.6. The van der Waals surface area contributed by atoms with Gasteiger partial charge in [-0.05, 0) is 92.5 Å². The Morgan fingerprint density at radius 1 is 0.821 bits per heavy atom. The van der Waals surface area contributed by atoms with E-state index in [9.17, 15) is 28.8 Å². The normalized spacial score (nSPS) is 18.2. The average molecular weight is 933 g/mol. The van der Waals surface area contributed by atoms with Gasteiger partial charge in [0, 0.05) is 38.2 Å². The number of hydrogen-bond donors (Lipinski definition) is 3. The molecule has 350 valence electrons. The molecule has 2 fully saturated rings. The molecule has 5 aromatic rings. The predicted molar refractivity (Wildman–Crippen MR) is 247 cm³/mol. The van der Waals surface area contributed by atoms with Crippen LogP contribution in [0.25, 0.3) is 11.3 Å². The van der Waals surface area contributed by atoms with E-state index < -0.39 is 35.6 Å². The first-order valence-corrected chi connectivity index (χ1v) is 22.3. The Bertz CT molecular complexity index is 2650. The predicted octanol–water partition coefficient (Wildman–Crippen LogP) is 4.12. The molecule has 9 rings (SSSR count). The molecule has 0 spiro atoms. The van der Waals surface area contributed by atoms with Crippen LogP contribution in [0.3, 0.4) is 0 Å². The topological polar surface area (TPSA) is 235 Å². The number of nitrogens with two attached hydrogens (primary N) is 1. The number of hydrogen-bond acceptors (Lipinski definition) is 13. The second-order valence-corrected chi connectivity index (χ2v) is 16.7. The Labute approximate surface area is 392 Å². The summed E-state index contributed by atoms with van der Waals surface area (Å²) < 4.78 is 20.9. The van der Waals surface area contributed by atoms with Crippen LogP contribution in [0.2, 0.25) is 0 Å². The number of carbonyl (C=O) groups is 6. The smallest absolute Gasteiger partial charge is 0.276 e. The molecule has 4 aliphatic heterocycles. The molecule has 0 bridgehead atoms. The quantitative estimate of drug-likeness (QED) is 0.0881. The van der Waals surface area contributed by atoms with Gasteiger partial charge in [0.1, 0.15) is 34.6 Å². The summed E-state index contributed by atoms with van der Waals surface area (Å²) in [6.45, 7) is 3.58. The molecule has 1 unspecified atom stereocenters. The number of nitrogens with zero attached hydrogens (tertiary/aromatic N) is 7. The number of primary amides is 1. The summed E-state index contributed by atoms with van der Waals surface area (Å²) >= 11 is 0. The lowest BCUT2D eigenvalue weighted by Gasteiger charge is -2.38. The first-order chi connectivity index (χ1) is 32.1. The largest absolute Gasteiger partial charge is 0.457 e. The maximum absolute atomic E-state index is 13.5. The Balaban J connectivity index is 0.00000608. The van der Waals surface area contributed by atoms with Crippen LogP contribution in [0, 0.1) is 5.92 Å². The zero-order valence-corrected chi connectivity index (χ0v) is 37.7. The zero-order valence-electron chi connectivity index (χ0n) is 36.7. The molecular formula is C47H52N10O9S. The molecule has 2 atom stereocenters. The summed E-state index contributed by atoms with van der Waals surface area (Å²) in [6.07, 6.45) is 5.21. The van der Waals surface area contributed by atoms with E-state index in [2.05, 4.69) is 20.9 Å². The van der Waals surface area contributed by atoms with E-state index in [0.717, 1.165) is 35.5 Å². The highest BCUT2D eigenvalue weighted by atomic mass is 32.1. The van der Waals surface area contributed by atoms with Gasteiger partial charge >= 0.3 is 0 Å². The maximum Gasteiger partial charge on any atom is 0.276 e. The first kappa shape index (κ1) is 46.6. The van der Waals surface area contributed by atoms with Crippen LogP contribution >= 0.6 is 13.5 Å². The molecule has 6 heterocycles. The molecular weight excluding hydrogens is 881 g/mol.